The summed E-state index contributed by atoms with van der Waals surface area (Å²) in [5.41, 5.74) is 6.36. The van der Waals surface area contributed by atoms with E-state index in [0.717, 1.165) is 5.56 Å². The van der Waals surface area contributed by atoms with Crippen molar-refractivity contribution in [2.75, 3.05) is 6.54 Å². The smallest absolute Gasteiger partial charge is 0.240 e. The fourth-order valence-corrected chi connectivity index (χ4v) is 2.45. The van der Waals surface area contributed by atoms with Gasteiger partial charge in [0.05, 0.1) is 0 Å². The predicted octanol–water partition coefficient (Wildman–Crippen LogP) is 0.661. The number of nitrogens with two attached hydrogens (primary N) is 1. The van der Waals surface area contributed by atoms with Gasteiger partial charge in [-0.3, -0.25) is 14.6 Å². The number of amides is 2. The molecule has 1 saturated heterocycles. The van der Waals surface area contributed by atoms with E-state index in [4.69, 9.17) is 5.73 Å². The summed E-state index contributed by atoms with van der Waals surface area (Å²) in [6.07, 6.45) is 4.46. The van der Waals surface area contributed by atoms with Crippen LogP contribution in [0.25, 0.3) is 0 Å². The number of aromatic nitrogens is 1. The molecule has 2 rings (SSSR count). The van der Waals surface area contributed by atoms with Gasteiger partial charge in [0.25, 0.3) is 0 Å². The number of carbonyl (C=O) groups excluding carboxylic acids is 2. The second-order valence-corrected chi connectivity index (χ2v) is 4.56. The monoisotopic (exact) mass is 247 g/mol. The van der Waals surface area contributed by atoms with Crippen LogP contribution in [0.5, 0.6) is 0 Å². The van der Waals surface area contributed by atoms with Gasteiger partial charge in [0, 0.05) is 31.3 Å². The highest BCUT2D eigenvalue weighted by atomic mass is 16.2. The normalized spacial score (nSPS) is 21.1. The summed E-state index contributed by atoms with van der Waals surface area (Å²) in [5.74, 6) is -0.327. The van der Waals surface area contributed by atoms with Crippen LogP contribution in [0.3, 0.4) is 0 Å². The van der Waals surface area contributed by atoms with Crippen molar-refractivity contribution in [3.63, 3.8) is 0 Å². The molecular weight excluding hydrogens is 230 g/mol. The minimum Gasteiger partial charge on any atom is -0.368 e. The molecule has 1 aliphatic heterocycles. The van der Waals surface area contributed by atoms with Crippen molar-refractivity contribution < 1.29 is 9.59 Å². The van der Waals surface area contributed by atoms with Gasteiger partial charge in [-0.1, -0.05) is 13.0 Å². The first kappa shape index (κ1) is 12.5. The Kier molecular flexibility index (Phi) is 3.60. The lowest BCUT2D eigenvalue weighted by molar-refractivity contribution is -0.136. The molecule has 0 saturated carbocycles. The highest BCUT2D eigenvalue weighted by molar-refractivity contribution is 5.88. The van der Waals surface area contributed by atoms with E-state index in [9.17, 15) is 9.59 Å². The average molecular weight is 247 g/mol. The number of carbonyl (C=O) groups is 2. The van der Waals surface area contributed by atoms with Crippen molar-refractivity contribution >= 4 is 11.8 Å². The molecule has 18 heavy (non-hydrogen) atoms. The molecule has 2 unspecified atom stereocenters. The zero-order valence-corrected chi connectivity index (χ0v) is 10.4. The Morgan fingerprint density at radius 2 is 2.44 bits per heavy atom. The van der Waals surface area contributed by atoms with Gasteiger partial charge in [0.15, 0.2) is 0 Å². The van der Waals surface area contributed by atoms with Crippen LogP contribution in [-0.2, 0) is 9.59 Å². The molecule has 1 aromatic rings. The van der Waals surface area contributed by atoms with E-state index in [1.807, 2.05) is 19.1 Å². The Hall–Kier alpha value is -1.91. The van der Waals surface area contributed by atoms with Crippen LogP contribution in [0, 0.1) is 0 Å². The molecule has 5 nitrogen and oxygen atoms in total. The molecular formula is C13H17N3O2. The third-order valence-corrected chi connectivity index (χ3v) is 3.41. The maximum atomic E-state index is 12.0. The van der Waals surface area contributed by atoms with Crippen LogP contribution < -0.4 is 5.73 Å². The van der Waals surface area contributed by atoms with E-state index in [2.05, 4.69) is 4.98 Å². The number of likely N-dealkylation sites (tertiary alicyclic amines) is 1. The van der Waals surface area contributed by atoms with E-state index in [-0.39, 0.29) is 11.8 Å². The minimum absolute atomic E-state index is 0.00509. The number of nitrogens with zero attached hydrogens (tertiary/aromatic N) is 2. The summed E-state index contributed by atoms with van der Waals surface area (Å²) in [5, 5.41) is 0. The largest absolute Gasteiger partial charge is 0.368 e. The van der Waals surface area contributed by atoms with Crippen LogP contribution in [0.15, 0.2) is 24.5 Å². The van der Waals surface area contributed by atoms with Crippen molar-refractivity contribution in [3.8, 4) is 0 Å². The highest BCUT2D eigenvalue weighted by Gasteiger charge is 2.36. The van der Waals surface area contributed by atoms with Crippen LogP contribution >= 0.6 is 0 Å². The van der Waals surface area contributed by atoms with E-state index >= 15 is 0 Å². The number of pyridine rings is 1. The predicted molar refractivity (Wildman–Crippen MR) is 66.6 cm³/mol. The number of hydrogen-bond donors (Lipinski definition) is 1. The second-order valence-electron chi connectivity index (χ2n) is 4.56. The quantitative estimate of drug-likeness (QED) is 0.849. The zero-order chi connectivity index (χ0) is 13.1. The maximum absolute atomic E-state index is 12.0. The Labute approximate surface area is 106 Å². The van der Waals surface area contributed by atoms with Gasteiger partial charge < -0.3 is 10.6 Å². The van der Waals surface area contributed by atoms with Gasteiger partial charge in [0.1, 0.15) is 6.04 Å². The third-order valence-electron chi connectivity index (χ3n) is 3.41. The summed E-state index contributed by atoms with van der Waals surface area (Å²) in [6.45, 7) is 2.41. The van der Waals surface area contributed by atoms with Gasteiger partial charge in [-0.05, 0) is 18.1 Å². The van der Waals surface area contributed by atoms with Crippen LogP contribution in [-0.4, -0.2) is 34.3 Å². The lowest BCUT2D eigenvalue weighted by Gasteiger charge is -2.24. The first-order valence-corrected chi connectivity index (χ1v) is 6.12. The van der Waals surface area contributed by atoms with Crippen molar-refractivity contribution in [2.24, 2.45) is 5.73 Å². The van der Waals surface area contributed by atoms with Gasteiger partial charge in [-0.2, -0.15) is 0 Å². The standard InChI is InChI=1S/C13H17N3O2/c1-2-11(13(14)18)16-8-10(6-12(16)17)9-4-3-5-15-7-9/h3-5,7,10-11H,2,6,8H2,1H3,(H2,14,18). The third kappa shape index (κ3) is 2.34. The summed E-state index contributed by atoms with van der Waals surface area (Å²) in [4.78, 5) is 28.9. The molecule has 1 aliphatic rings. The highest BCUT2D eigenvalue weighted by Crippen LogP contribution is 2.29. The van der Waals surface area contributed by atoms with Gasteiger partial charge in [-0.15, -0.1) is 0 Å². The molecule has 2 amide bonds. The minimum atomic E-state index is -0.487. The molecule has 0 spiro atoms. The van der Waals surface area contributed by atoms with Crippen molar-refractivity contribution in [2.45, 2.75) is 31.7 Å². The van der Waals surface area contributed by atoms with E-state index < -0.39 is 11.9 Å². The van der Waals surface area contributed by atoms with Crippen LogP contribution in [0.4, 0.5) is 0 Å². The summed E-state index contributed by atoms with van der Waals surface area (Å²) in [7, 11) is 0. The fourth-order valence-electron chi connectivity index (χ4n) is 2.45. The van der Waals surface area contributed by atoms with Crippen molar-refractivity contribution in [3.05, 3.63) is 30.1 Å². The van der Waals surface area contributed by atoms with Crippen molar-refractivity contribution in [1.82, 2.24) is 9.88 Å². The van der Waals surface area contributed by atoms with Crippen molar-refractivity contribution in [1.29, 1.82) is 0 Å². The number of primary amides is 1. The lowest BCUT2D eigenvalue weighted by Crippen LogP contribution is -2.45. The molecule has 5 heteroatoms. The Balaban J connectivity index is 2.14. The molecule has 0 aliphatic carbocycles. The summed E-state index contributed by atoms with van der Waals surface area (Å²) in [6, 6.07) is 3.33. The first-order chi connectivity index (χ1) is 8.63. The lowest BCUT2D eigenvalue weighted by atomic mass is 10.0. The second kappa shape index (κ2) is 5.16. The molecule has 0 radical (unpaired) electrons. The molecule has 1 fully saturated rings. The molecule has 0 bridgehead atoms. The van der Waals surface area contributed by atoms with Crippen LogP contribution in [0.2, 0.25) is 0 Å². The van der Waals surface area contributed by atoms with E-state index in [0.29, 0.717) is 19.4 Å². The molecule has 96 valence electrons. The fraction of sp³-hybridized carbons (Fsp3) is 0.462. The van der Waals surface area contributed by atoms with E-state index in [1.165, 1.54) is 0 Å². The summed E-state index contributed by atoms with van der Waals surface area (Å²) >= 11 is 0. The molecule has 0 aromatic carbocycles. The SMILES string of the molecule is CCC(C(N)=O)N1CC(c2cccnc2)CC1=O. The molecule has 2 heterocycles. The van der Waals surface area contributed by atoms with Crippen LogP contribution in [0.1, 0.15) is 31.2 Å². The maximum Gasteiger partial charge on any atom is 0.240 e. The van der Waals surface area contributed by atoms with Gasteiger partial charge >= 0.3 is 0 Å². The summed E-state index contributed by atoms with van der Waals surface area (Å²) < 4.78 is 0. The van der Waals surface area contributed by atoms with Gasteiger partial charge in [-0.25, -0.2) is 0 Å². The average Bonchev–Trinajstić information content (AvgIpc) is 2.73. The first-order valence-electron chi connectivity index (χ1n) is 6.12. The Morgan fingerprint density at radius 3 is 3.00 bits per heavy atom. The number of rotatable bonds is 4. The van der Waals surface area contributed by atoms with E-state index in [1.54, 1.807) is 17.3 Å². The topological polar surface area (TPSA) is 76.3 Å². The Bertz CT molecular complexity index is 447. The molecule has 2 atom stereocenters. The Morgan fingerprint density at radius 1 is 1.67 bits per heavy atom. The van der Waals surface area contributed by atoms with Gasteiger partial charge in [0.2, 0.25) is 11.8 Å². The molecule has 2 N–H and O–H groups in total. The number of hydrogen-bond acceptors (Lipinski definition) is 3. The zero-order valence-electron chi connectivity index (χ0n) is 10.4. The molecule has 1 aromatic heterocycles.